The normalized spacial score (nSPS) is 12.5. The second kappa shape index (κ2) is 20.7. The highest BCUT2D eigenvalue weighted by Gasteiger charge is 2.12. The van der Waals surface area contributed by atoms with Gasteiger partial charge in [0.15, 0.2) is 0 Å². The fourth-order valence-electron chi connectivity index (χ4n) is 4.70. The first-order valence-electron chi connectivity index (χ1n) is 14.2. The minimum absolute atomic E-state index is 0.869. The van der Waals surface area contributed by atoms with Crippen LogP contribution in [-0.4, -0.2) is 31.6 Å². The highest BCUT2D eigenvalue weighted by Crippen LogP contribution is 2.19. The molecule has 1 unspecified atom stereocenters. The van der Waals surface area contributed by atoms with Gasteiger partial charge < -0.3 is 10.2 Å². The highest BCUT2D eigenvalue weighted by molar-refractivity contribution is 5.22. The third kappa shape index (κ3) is 15.9. The van der Waals surface area contributed by atoms with Crippen LogP contribution < -0.4 is 5.32 Å². The van der Waals surface area contributed by atoms with Crippen molar-refractivity contribution in [1.29, 1.82) is 0 Å². The SMILES string of the molecule is CCCCCCCCNCCc1ccc(CN(C)CC(CCCC)CCCCCC)cc1. The van der Waals surface area contributed by atoms with E-state index in [2.05, 4.69) is 62.3 Å². The quantitative estimate of drug-likeness (QED) is 0.181. The maximum Gasteiger partial charge on any atom is 0.0230 e. The summed E-state index contributed by atoms with van der Waals surface area (Å²) in [6.07, 6.45) is 20.5. The van der Waals surface area contributed by atoms with Crippen LogP contribution in [0, 0.1) is 5.92 Å². The Morgan fingerprint density at radius 3 is 1.91 bits per heavy atom. The molecule has 1 atom stereocenters. The lowest BCUT2D eigenvalue weighted by atomic mass is 9.94. The molecule has 0 aliphatic rings. The number of nitrogens with one attached hydrogen (secondary N) is 1. The van der Waals surface area contributed by atoms with E-state index in [1.807, 2.05) is 0 Å². The van der Waals surface area contributed by atoms with Crippen molar-refractivity contribution >= 4 is 0 Å². The van der Waals surface area contributed by atoms with E-state index in [0.717, 1.165) is 25.4 Å². The van der Waals surface area contributed by atoms with Crippen molar-refractivity contribution in [1.82, 2.24) is 10.2 Å². The molecule has 0 aliphatic heterocycles. The maximum atomic E-state index is 3.63. The van der Waals surface area contributed by atoms with Crippen LogP contribution in [0.3, 0.4) is 0 Å². The van der Waals surface area contributed by atoms with Crippen LogP contribution in [0.4, 0.5) is 0 Å². The first-order chi connectivity index (χ1) is 15.7. The molecule has 1 N–H and O–H groups in total. The Kier molecular flexibility index (Phi) is 18.9. The maximum absolute atomic E-state index is 3.63. The van der Waals surface area contributed by atoms with Gasteiger partial charge in [-0.05, 0) is 62.9 Å². The van der Waals surface area contributed by atoms with Crippen LogP contribution in [0.25, 0.3) is 0 Å². The van der Waals surface area contributed by atoms with Gasteiger partial charge in [-0.1, -0.05) is 116 Å². The van der Waals surface area contributed by atoms with Gasteiger partial charge >= 0.3 is 0 Å². The van der Waals surface area contributed by atoms with Crippen LogP contribution in [0.1, 0.15) is 122 Å². The van der Waals surface area contributed by atoms with Crippen molar-refractivity contribution in [2.24, 2.45) is 5.92 Å². The Morgan fingerprint density at radius 2 is 1.22 bits per heavy atom. The summed E-state index contributed by atoms with van der Waals surface area (Å²) in [4.78, 5) is 2.55. The third-order valence-corrected chi connectivity index (χ3v) is 6.77. The Bertz CT molecular complexity index is 510. The second-order valence-corrected chi connectivity index (χ2v) is 10.1. The zero-order chi connectivity index (χ0) is 23.3. The molecule has 0 saturated carbocycles. The molecule has 32 heavy (non-hydrogen) atoms. The Morgan fingerprint density at radius 1 is 0.656 bits per heavy atom. The molecule has 0 heterocycles. The second-order valence-electron chi connectivity index (χ2n) is 10.1. The van der Waals surface area contributed by atoms with Crippen molar-refractivity contribution in [2.45, 2.75) is 124 Å². The molecular formula is C30H56N2. The van der Waals surface area contributed by atoms with Gasteiger partial charge in [-0.15, -0.1) is 0 Å². The smallest absolute Gasteiger partial charge is 0.0230 e. The summed E-state index contributed by atoms with van der Waals surface area (Å²) < 4.78 is 0. The van der Waals surface area contributed by atoms with Crippen molar-refractivity contribution in [3.8, 4) is 0 Å². The lowest BCUT2D eigenvalue weighted by Gasteiger charge is -2.24. The monoisotopic (exact) mass is 444 g/mol. The molecule has 0 fully saturated rings. The molecule has 1 aromatic carbocycles. The predicted molar refractivity (Wildman–Crippen MR) is 144 cm³/mol. The molecule has 2 nitrogen and oxygen atoms in total. The first kappa shape index (κ1) is 29.2. The molecule has 186 valence electrons. The van der Waals surface area contributed by atoms with Gasteiger partial charge in [-0.2, -0.15) is 0 Å². The zero-order valence-corrected chi connectivity index (χ0v) is 22.3. The number of hydrogen-bond acceptors (Lipinski definition) is 2. The van der Waals surface area contributed by atoms with Gasteiger partial charge in [0.2, 0.25) is 0 Å². The number of hydrogen-bond donors (Lipinski definition) is 1. The van der Waals surface area contributed by atoms with E-state index in [-0.39, 0.29) is 0 Å². The Balaban J connectivity index is 2.24. The molecule has 0 radical (unpaired) electrons. The van der Waals surface area contributed by atoms with E-state index in [9.17, 15) is 0 Å². The van der Waals surface area contributed by atoms with Crippen molar-refractivity contribution in [3.05, 3.63) is 35.4 Å². The molecule has 0 aromatic heterocycles. The summed E-state index contributed by atoms with van der Waals surface area (Å²) in [6.45, 7) is 11.5. The van der Waals surface area contributed by atoms with E-state index < -0.39 is 0 Å². The van der Waals surface area contributed by atoms with Crippen LogP contribution in [0.5, 0.6) is 0 Å². The van der Waals surface area contributed by atoms with E-state index in [0.29, 0.717) is 0 Å². The zero-order valence-electron chi connectivity index (χ0n) is 22.3. The average Bonchev–Trinajstić information content (AvgIpc) is 2.80. The van der Waals surface area contributed by atoms with E-state index in [1.54, 1.807) is 0 Å². The number of benzene rings is 1. The predicted octanol–water partition coefficient (Wildman–Crippen LogP) is 8.39. The van der Waals surface area contributed by atoms with Gasteiger partial charge in [0.25, 0.3) is 0 Å². The van der Waals surface area contributed by atoms with Crippen LogP contribution in [0.15, 0.2) is 24.3 Å². The van der Waals surface area contributed by atoms with Crippen molar-refractivity contribution < 1.29 is 0 Å². The largest absolute Gasteiger partial charge is 0.316 e. The fraction of sp³-hybridized carbons (Fsp3) is 0.800. The topological polar surface area (TPSA) is 15.3 Å². The van der Waals surface area contributed by atoms with Gasteiger partial charge in [0.1, 0.15) is 0 Å². The van der Waals surface area contributed by atoms with Crippen molar-refractivity contribution in [3.63, 3.8) is 0 Å². The summed E-state index contributed by atoms with van der Waals surface area (Å²) in [7, 11) is 2.31. The summed E-state index contributed by atoms with van der Waals surface area (Å²) in [5.74, 6) is 0.869. The Labute approximate surface area is 201 Å². The number of rotatable bonds is 22. The van der Waals surface area contributed by atoms with Gasteiger partial charge in [0, 0.05) is 13.1 Å². The summed E-state index contributed by atoms with van der Waals surface area (Å²) >= 11 is 0. The summed E-state index contributed by atoms with van der Waals surface area (Å²) in [6, 6.07) is 9.38. The van der Waals surface area contributed by atoms with E-state index in [1.165, 1.54) is 114 Å². The summed E-state index contributed by atoms with van der Waals surface area (Å²) in [5.41, 5.74) is 2.92. The molecule has 1 rings (SSSR count). The van der Waals surface area contributed by atoms with E-state index >= 15 is 0 Å². The molecule has 0 saturated heterocycles. The van der Waals surface area contributed by atoms with Gasteiger partial charge in [-0.25, -0.2) is 0 Å². The first-order valence-corrected chi connectivity index (χ1v) is 14.2. The highest BCUT2D eigenvalue weighted by atomic mass is 15.1. The summed E-state index contributed by atoms with van der Waals surface area (Å²) in [5, 5.41) is 3.63. The third-order valence-electron chi connectivity index (χ3n) is 6.77. The molecular weight excluding hydrogens is 388 g/mol. The van der Waals surface area contributed by atoms with Crippen LogP contribution in [-0.2, 0) is 13.0 Å². The average molecular weight is 445 g/mol. The van der Waals surface area contributed by atoms with Gasteiger partial charge in [-0.3, -0.25) is 0 Å². The molecule has 0 spiro atoms. The number of nitrogens with zero attached hydrogens (tertiary/aromatic N) is 1. The molecule has 1 aromatic rings. The standard InChI is InChI=1S/C30H56N2/c1-5-8-11-13-14-16-24-31-25-23-28-19-21-30(22-20-28)27-32(4)26-29(17-10-7-3)18-15-12-9-6-2/h19-22,29,31H,5-18,23-27H2,1-4H3. The minimum Gasteiger partial charge on any atom is -0.316 e. The lowest BCUT2D eigenvalue weighted by molar-refractivity contribution is 0.245. The van der Waals surface area contributed by atoms with Crippen LogP contribution >= 0.6 is 0 Å². The van der Waals surface area contributed by atoms with Crippen molar-refractivity contribution in [2.75, 3.05) is 26.7 Å². The molecule has 0 amide bonds. The molecule has 0 aliphatic carbocycles. The lowest BCUT2D eigenvalue weighted by Crippen LogP contribution is -2.25. The van der Waals surface area contributed by atoms with Gasteiger partial charge in [0.05, 0.1) is 0 Å². The molecule has 2 heteroatoms. The fourth-order valence-corrected chi connectivity index (χ4v) is 4.70. The Hall–Kier alpha value is -0.860. The number of unbranched alkanes of at least 4 members (excludes halogenated alkanes) is 9. The van der Waals surface area contributed by atoms with E-state index in [4.69, 9.17) is 0 Å². The molecule has 0 bridgehead atoms. The minimum atomic E-state index is 0.869. The van der Waals surface area contributed by atoms with Crippen LogP contribution in [0.2, 0.25) is 0 Å².